The molecule has 1 aliphatic rings. The molecule has 7 heteroatoms. The number of carbonyl (C=O) groups is 2. The molecule has 0 spiro atoms. The van der Waals surface area contributed by atoms with Gasteiger partial charge in [-0.1, -0.05) is 31.5 Å². The SMILES string of the molecule is CCN(CC)CCN1C(=O)C(=O)C(=C(O)c2ccc(Cl)cc2)[C@H]1c1cccnc1. The van der Waals surface area contributed by atoms with Crippen molar-refractivity contribution in [3.8, 4) is 0 Å². The van der Waals surface area contributed by atoms with Gasteiger partial charge < -0.3 is 14.9 Å². The van der Waals surface area contributed by atoms with Gasteiger partial charge in [0.05, 0.1) is 11.6 Å². The lowest BCUT2D eigenvalue weighted by molar-refractivity contribution is -0.140. The lowest BCUT2D eigenvalue weighted by Crippen LogP contribution is -2.38. The van der Waals surface area contributed by atoms with Gasteiger partial charge in [0.2, 0.25) is 0 Å². The van der Waals surface area contributed by atoms with Gasteiger partial charge in [-0.05, 0) is 49.0 Å². The van der Waals surface area contributed by atoms with Crippen LogP contribution >= 0.6 is 11.6 Å². The number of hydrogen-bond donors (Lipinski definition) is 1. The highest BCUT2D eigenvalue weighted by Gasteiger charge is 2.46. The number of hydrogen-bond acceptors (Lipinski definition) is 5. The van der Waals surface area contributed by atoms with Crippen LogP contribution in [0.1, 0.15) is 31.0 Å². The number of nitrogens with zero attached hydrogens (tertiary/aromatic N) is 3. The van der Waals surface area contributed by atoms with E-state index in [9.17, 15) is 14.7 Å². The number of Topliss-reactive ketones (excluding diaryl/α,β-unsaturated/α-hetero) is 1. The molecular weight excluding hydrogens is 390 g/mol. The Morgan fingerprint density at radius 3 is 2.45 bits per heavy atom. The standard InChI is InChI=1S/C22H24ClN3O3/c1-3-25(4-2)12-13-26-19(16-6-5-11-24-14-16)18(21(28)22(26)29)20(27)15-7-9-17(23)10-8-15/h5-11,14,19,27H,3-4,12-13H2,1-2H3/t19-/m1/s1. The number of pyridine rings is 1. The summed E-state index contributed by atoms with van der Waals surface area (Å²) in [7, 11) is 0. The number of carbonyl (C=O) groups excluding carboxylic acids is 2. The lowest BCUT2D eigenvalue weighted by atomic mass is 9.96. The van der Waals surface area contributed by atoms with E-state index in [0.717, 1.165) is 13.1 Å². The fourth-order valence-corrected chi connectivity index (χ4v) is 3.67. The summed E-state index contributed by atoms with van der Waals surface area (Å²) in [5.74, 6) is -1.51. The Kier molecular flexibility index (Phi) is 6.67. The number of benzene rings is 1. The number of aliphatic hydroxyl groups is 1. The third-order valence-electron chi connectivity index (χ3n) is 5.21. The smallest absolute Gasteiger partial charge is 0.295 e. The first-order valence-corrected chi connectivity index (χ1v) is 10.0. The minimum Gasteiger partial charge on any atom is -0.507 e. The molecule has 0 radical (unpaired) electrons. The summed E-state index contributed by atoms with van der Waals surface area (Å²) in [4.78, 5) is 33.6. The molecule has 0 bridgehead atoms. The molecule has 0 saturated carbocycles. The van der Waals surface area contributed by atoms with Crippen LogP contribution in [-0.4, -0.2) is 57.8 Å². The van der Waals surface area contributed by atoms with E-state index >= 15 is 0 Å². The second kappa shape index (κ2) is 9.20. The second-order valence-electron chi connectivity index (χ2n) is 6.81. The zero-order chi connectivity index (χ0) is 21.0. The molecule has 152 valence electrons. The van der Waals surface area contributed by atoms with Crippen LogP contribution in [-0.2, 0) is 9.59 Å². The summed E-state index contributed by atoms with van der Waals surface area (Å²) in [6.45, 7) is 6.82. The minimum atomic E-state index is -0.689. The number of halogens is 1. The number of aromatic nitrogens is 1. The molecule has 2 heterocycles. The predicted octanol–water partition coefficient (Wildman–Crippen LogP) is 3.50. The largest absolute Gasteiger partial charge is 0.507 e. The average Bonchev–Trinajstić information content (AvgIpc) is 3.00. The maximum absolute atomic E-state index is 12.9. The van der Waals surface area contributed by atoms with Gasteiger partial charge in [0.15, 0.2) is 0 Å². The summed E-state index contributed by atoms with van der Waals surface area (Å²) >= 11 is 5.93. The summed E-state index contributed by atoms with van der Waals surface area (Å²) in [6, 6.07) is 9.39. The van der Waals surface area contributed by atoms with Gasteiger partial charge in [0.25, 0.3) is 11.7 Å². The molecule has 1 saturated heterocycles. The molecule has 1 aliphatic heterocycles. The first-order valence-electron chi connectivity index (χ1n) is 9.64. The Morgan fingerprint density at radius 1 is 1.17 bits per heavy atom. The number of amides is 1. The van der Waals surface area contributed by atoms with E-state index in [1.165, 1.54) is 4.90 Å². The van der Waals surface area contributed by atoms with Crippen molar-refractivity contribution >= 4 is 29.1 Å². The lowest BCUT2D eigenvalue weighted by Gasteiger charge is -2.28. The Labute approximate surface area is 175 Å². The van der Waals surface area contributed by atoms with Crippen molar-refractivity contribution in [3.63, 3.8) is 0 Å². The number of ketones is 1. The van der Waals surface area contributed by atoms with Gasteiger partial charge >= 0.3 is 0 Å². The maximum Gasteiger partial charge on any atom is 0.295 e. The van der Waals surface area contributed by atoms with Crippen LogP contribution in [0.15, 0.2) is 54.4 Å². The van der Waals surface area contributed by atoms with Gasteiger partial charge in [-0.25, -0.2) is 0 Å². The summed E-state index contributed by atoms with van der Waals surface area (Å²) in [5, 5.41) is 11.4. The van der Waals surface area contributed by atoms with E-state index in [1.54, 1.807) is 42.7 Å². The van der Waals surface area contributed by atoms with Crippen LogP contribution in [0.25, 0.3) is 5.76 Å². The van der Waals surface area contributed by atoms with Crippen molar-refractivity contribution in [3.05, 3.63) is 70.5 Å². The normalized spacial score (nSPS) is 18.6. The number of rotatable bonds is 7. The molecule has 6 nitrogen and oxygen atoms in total. The van der Waals surface area contributed by atoms with E-state index in [4.69, 9.17) is 11.6 Å². The van der Waals surface area contributed by atoms with Crippen molar-refractivity contribution < 1.29 is 14.7 Å². The molecule has 0 unspecified atom stereocenters. The summed E-state index contributed by atoms with van der Waals surface area (Å²) in [5.41, 5.74) is 1.19. The summed E-state index contributed by atoms with van der Waals surface area (Å²) < 4.78 is 0. The fraction of sp³-hybridized carbons (Fsp3) is 0.318. The third-order valence-corrected chi connectivity index (χ3v) is 5.46. The molecular formula is C22H24ClN3O3. The summed E-state index contributed by atoms with van der Waals surface area (Å²) in [6.07, 6.45) is 3.25. The van der Waals surface area contributed by atoms with Crippen molar-refractivity contribution in [1.82, 2.24) is 14.8 Å². The van der Waals surface area contributed by atoms with Crippen molar-refractivity contribution in [2.24, 2.45) is 0 Å². The molecule has 1 aromatic carbocycles. The van der Waals surface area contributed by atoms with E-state index in [1.807, 2.05) is 6.07 Å². The first-order chi connectivity index (χ1) is 14.0. The van der Waals surface area contributed by atoms with Crippen LogP contribution < -0.4 is 0 Å². The molecule has 1 fully saturated rings. The molecule has 1 amide bonds. The van der Waals surface area contributed by atoms with Crippen LogP contribution in [0.2, 0.25) is 5.02 Å². The van der Waals surface area contributed by atoms with Gasteiger partial charge in [-0.2, -0.15) is 0 Å². The molecule has 29 heavy (non-hydrogen) atoms. The molecule has 2 aromatic rings. The quantitative estimate of drug-likeness (QED) is 0.427. The second-order valence-corrected chi connectivity index (χ2v) is 7.25. The molecule has 1 aromatic heterocycles. The fourth-order valence-electron chi connectivity index (χ4n) is 3.55. The predicted molar refractivity (Wildman–Crippen MR) is 112 cm³/mol. The molecule has 1 atom stereocenters. The number of likely N-dealkylation sites (N-methyl/N-ethyl adjacent to an activating group) is 1. The highest BCUT2D eigenvalue weighted by Crippen LogP contribution is 2.39. The monoisotopic (exact) mass is 413 g/mol. The van der Waals surface area contributed by atoms with E-state index in [-0.39, 0.29) is 11.3 Å². The van der Waals surface area contributed by atoms with Crippen LogP contribution in [0, 0.1) is 0 Å². The molecule has 0 aliphatic carbocycles. The number of likely N-dealkylation sites (tertiary alicyclic amines) is 1. The van der Waals surface area contributed by atoms with E-state index in [0.29, 0.717) is 29.2 Å². The van der Waals surface area contributed by atoms with E-state index in [2.05, 4.69) is 23.7 Å². The third kappa shape index (κ3) is 4.33. The Bertz CT molecular complexity index is 909. The highest BCUT2D eigenvalue weighted by atomic mass is 35.5. The topological polar surface area (TPSA) is 73.7 Å². The Balaban J connectivity index is 2.06. The molecule has 3 rings (SSSR count). The van der Waals surface area contributed by atoms with Gasteiger partial charge in [-0.15, -0.1) is 0 Å². The van der Waals surface area contributed by atoms with Crippen molar-refractivity contribution in [2.75, 3.05) is 26.2 Å². The zero-order valence-corrected chi connectivity index (χ0v) is 17.3. The Hall–Kier alpha value is -2.70. The van der Waals surface area contributed by atoms with Gasteiger partial charge in [-0.3, -0.25) is 14.6 Å². The first kappa shape index (κ1) is 21.0. The Morgan fingerprint density at radius 2 is 1.86 bits per heavy atom. The highest BCUT2D eigenvalue weighted by molar-refractivity contribution is 6.46. The van der Waals surface area contributed by atoms with Gasteiger partial charge in [0.1, 0.15) is 5.76 Å². The van der Waals surface area contributed by atoms with Gasteiger partial charge in [0, 0.05) is 36.1 Å². The molecule has 1 N–H and O–H groups in total. The van der Waals surface area contributed by atoms with Crippen LogP contribution in [0.4, 0.5) is 0 Å². The van der Waals surface area contributed by atoms with Crippen molar-refractivity contribution in [1.29, 1.82) is 0 Å². The average molecular weight is 414 g/mol. The zero-order valence-electron chi connectivity index (χ0n) is 16.5. The maximum atomic E-state index is 12.9. The van der Waals surface area contributed by atoms with Crippen LogP contribution in [0.3, 0.4) is 0 Å². The van der Waals surface area contributed by atoms with E-state index < -0.39 is 17.7 Å². The minimum absolute atomic E-state index is 0.0740. The van der Waals surface area contributed by atoms with Crippen molar-refractivity contribution in [2.45, 2.75) is 19.9 Å². The number of aliphatic hydroxyl groups excluding tert-OH is 1. The van der Waals surface area contributed by atoms with Crippen LogP contribution in [0.5, 0.6) is 0 Å².